The quantitative estimate of drug-likeness (QED) is 0.838. The summed E-state index contributed by atoms with van der Waals surface area (Å²) < 4.78 is 0. The van der Waals surface area contributed by atoms with E-state index in [0.29, 0.717) is 17.8 Å². The topological polar surface area (TPSA) is 78.5 Å². The summed E-state index contributed by atoms with van der Waals surface area (Å²) >= 11 is 0. The molecular formula is C22H25N3O3. The molecule has 1 aliphatic rings. The number of para-hydroxylation sites is 1. The molecule has 0 aromatic heterocycles. The molecule has 28 heavy (non-hydrogen) atoms. The fourth-order valence-corrected chi connectivity index (χ4v) is 3.22. The molecule has 2 aromatic carbocycles. The van der Waals surface area contributed by atoms with Gasteiger partial charge in [0.1, 0.15) is 0 Å². The van der Waals surface area contributed by atoms with E-state index in [1.54, 1.807) is 29.2 Å². The summed E-state index contributed by atoms with van der Waals surface area (Å²) in [5.41, 5.74) is 2.76. The molecule has 1 saturated heterocycles. The second kappa shape index (κ2) is 8.25. The molecule has 0 unspecified atom stereocenters. The predicted octanol–water partition coefficient (Wildman–Crippen LogP) is 3.12. The van der Waals surface area contributed by atoms with Gasteiger partial charge in [-0.3, -0.25) is 14.4 Å². The summed E-state index contributed by atoms with van der Waals surface area (Å²) in [5.74, 6) is -1.03. The Hall–Kier alpha value is -3.15. The Bertz CT molecular complexity index is 890. The average molecular weight is 379 g/mol. The lowest BCUT2D eigenvalue weighted by atomic mass is 10.1. The second-order valence-corrected chi connectivity index (χ2v) is 7.40. The van der Waals surface area contributed by atoms with E-state index in [9.17, 15) is 14.4 Å². The molecule has 0 radical (unpaired) electrons. The number of anilines is 2. The van der Waals surface area contributed by atoms with Crippen molar-refractivity contribution in [2.24, 2.45) is 5.92 Å². The molecule has 1 heterocycles. The van der Waals surface area contributed by atoms with Gasteiger partial charge in [0, 0.05) is 24.7 Å². The van der Waals surface area contributed by atoms with Crippen LogP contribution in [-0.2, 0) is 9.59 Å². The van der Waals surface area contributed by atoms with Gasteiger partial charge in [-0.15, -0.1) is 0 Å². The van der Waals surface area contributed by atoms with Crippen LogP contribution in [0.15, 0.2) is 48.5 Å². The first-order valence-corrected chi connectivity index (χ1v) is 9.43. The molecule has 0 saturated carbocycles. The smallest absolute Gasteiger partial charge is 0.253 e. The van der Waals surface area contributed by atoms with Crippen LogP contribution in [-0.4, -0.2) is 30.3 Å². The molecule has 0 bridgehead atoms. The Balaban J connectivity index is 1.71. The van der Waals surface area contributed by atoms with Crippen LogP contribution in [0.3, 0.4) is 0 Å². The number of amides is 3. The van der Waals surface area contributed by atoms with Crippen molar-refractivity contribution in [1.29, 1.82) is 0 Å². The van der Waals surface area contributed by atoms with E-state index in [1.165, 1.54) is 0 Å². The van der Waals surface area contributed by atoms with Crippen LogP contribution >= 0.6 is 0 Å². The zero-order valence-corrected chi connectivity index (χ0v) is 16.4. The van der Waals surface area contributed by atoms with E-state index in [0.717, 1.165) is 11.3 Å². The SMILES string of the molecule is Cc1ccc(N2C[C@H](C(=O)Nc3ccccc3C(=O)NC(C)C)CC2=O)cc1. The summed E-state index contributed by atoms with van der Waals surface area (Å²) in [4.78, 5) is 39.2. The fraction of sp³-hybridized carbons (Fsp3) is 0.318. The summed E-state index contributed by atoms with van der Waals surface area (Å²) in [7, 11) is 0. The molecule has 0 spiro atoms. The first-order valence-electron chi connectivity index (χ1n) is 9.43. The number of hydrogen-bond donors (Lipinski definition) is 2. The molecule has 1 aliphatic heterocycles. The molecule has 2 N–H and O–H groups in total. The molecule has 6 nitrogen and oxygen atoms in total. The van der Waals surface area contributed by atoms with Crippen LogP contribution in [0.5, 0.6) is 0 Å². The van der Waals surface area contributed by atoms with Crippen LogP contribution in [0.2, 0.25) is 0 Å². The van der Waals surface area contributed by atoms with Crippen molar-refractivity contribution in [2.75, 3.05) is 16.8 Å². The summed E-state index contributed by atoms with van der Waals surface area (Å²) in [6.07, 6.45) is 0.153. The molecule has 0 aliphatic carbocycles. The van der Waals surface area contributed by atoms with Gasteiger partial charge in [0.05, 0.1) is 17.2 Å². The molecule has 146 valence electrons. The lowest BCUT2D eigenvalue weighted by molar-refractivity contribution is -0.122. The fourth-order valence-electron chi connectivity index (χ4n) is 3.22. The third-order valence-electron chi connectivity index (χ3n) is 4.69. The van der Waals surface area contributed by atoms with E-state index in [4.69, 9.17) is 0 Å². The average Bonchev–Trinajstić information content (AvgIpc) is 3.04. The van der Waals surface area contributed by atoms with Gasteiger partial charge < -0.3 is 15.5 Å². The third kappa shape index (κ3) is 4.39. The van der Waals surface area contributed by atoms with Crippen LogP contribution in [0, 0.1) is 12.8 Å². The molecule has 3 rings (SSSR count). The summed E-state index contributed by atoms with van der Waals surface area (Å²) in [5, 5.41) is 5.66. The van der Waals surface area contributed by atoms with Crippen molar-refractivity contribution < 1.29 is 14.4 Å². The van der Waals surface area contributed by atoms with Crippen molar-refractivity contribution in [3.8, 4) is 0 Å². The van der Waals surface area contributed by atoms with Gasteiger partial charge in [0.2, 0.25) is 11.8 Å². The molecule has 2 aromatic rings. The maximum absolute atomic E-state index is 12.8. The minimum atomic E-state index is -0.463. The number of carbonyl (C=O) groups excluding carboxylic acids is 3. The number of hydrogen-bond acceptors (Lipinski definition) is 3. The summed E-state index contributed by atoms with van der Waals surface area (Å²) in [6.45, 7) is 6.07. The lowest BCUT2D eigenvalue weighted by Crippen LogP contribution is -2.32. The first kappa shape index (κ1) is 19.6. The highest BCUT2D eigenvalue weighted by atomic mass is 16.2. The maximum atomic E-state index is 12.8. The van der Waals surface area contributed by atoms with E-state index in [-0.39, 0.29) is 30.2 Å². The highest BCUT2D eigenvalue weighted by molar-refractivity contribution is 6.07. The highest BCUT2D eigenvalue weighted by Gasteiger charge is 2.35. The monoisotopic (exact) mass is 379 g/mol. The van der Waals surface area contributed by atoms with Crippen molar-refractivity contribution in [3.05, 3.63) is 59.7 Å². The Morgan fingerprint density at radius 3 is 2.43 bits per heavy atom. The van der Waals surface area contributed by atoms with Gasteiger partial charge in [0.25, 0.3) is 5.91 Å². The van der Waals surface area contributed by atoms with Gasteiger partial charge in [-0.25, -0.2) is 0 Å². The number of aryl methyl sites for hydroxylation is 1. The molecule has 6 heteroatoms. The van der Waals surface area contributed by atoms with Crippen molar-refractivity contribution in [1.82, 2.24) is 5.32 Å². The number of rotatable bonds is 5. The normalized spacial score (nSPS) is 16.4. The number of carbonyl (C=O) groups is 3. The number of nitrogens with one attached hydrogen (secondary N) is 2. The Morgan fingerprint density at radius 2 is 1.75 bits per heavy atom. The Kier molecular flexibility index (Phi) is 5.78. The maximum Gasteiger partial charge on any atom is 0.253 e. The second-order valence-electron chi connectivity index (χ2n) is 7.40. The standard InChI is InChI=1S/C22H25N3O3/c1-14(2)23-22(28)18-6-4-5-7-19(18)24-21(27)16-12-20(26)25(13-16)17-10-8-15(3)9-11-17/h4-11,14,16H,12-13H2,1-3H3,(H,23,28)(H,24,27)/t16-/m1/s1. The Labute approximate surface area is 164 Å². The third-order valence-corrected chi connectivity index (χ3v) is 4.69. The van der Waals surface area contributed by atoms with Crippen molar-refractivity contribution in [3.63, 3.8) is 0 Å². The van der Waals surface area contributed by atoms with E-state index in [2.05, 4.69) is 10.6 Å². The largest absolute Gasteiger partial charge is 0.350 e. The predicted molar refractivity (Wildman–Crippen MR) is 109 cm³/mol. The van der Waals surface area contributed by atoms with E-state index >= 15 is 0 Å². The molecule has 3 amide bonds. The van der Waals surface area contributed by atoms with Crippen molar-refractivity contribution in [2.45, 2.75) is 33.2 Å². The molecule has 1 fully saturated rings. The summed E-state index contributed by atoms with van der Waals surface area (Å²) in [6, 6.07) is 14.5. The van der Waals surface area contributed by atoms with Gasteiger partial charge in [-0.1, -0.05) is 29.8 Å². The number of benzene rings is 2. The van der Waals surface area contributed by atoms with Crippen molar-refractivity contribution >= 4 is 29.1 Å². The van der Waals surface area contributed by atoms with E-state index < -0.39 is 5.92 Å². The Morgan fingerprint density at radius 1 is 1.07 bits per heavy atom. The zero-order valence-electron chi connectivity index (χ0n) is 16.4. The number of nitrogens with zero attached hydrogens (tertiary/aromatic N) is 1. The minimum absolute atomic E-state index is 0.00761. The van der Waals surface area contributed by atoms with Gasteiger partial charge >= 0.3 is 0 Å². The van der Waals surface area contributed by atoms with Gasteiger partial charge in [-0.2, -0.15) is 0 Å². The highest BCUT2D eigenvalue weighted by Crippen LogP contribution is 2.27. The van der Waals surface area contributed by atoms with Crippen LogP contribution in [0.1, 0.15) is 36.2 Å². The lowest BCUT2D eigenvalue weighted by Gasteiger charge is -2.17. The molecule has 1 atom stereocenters. The van der Waals surface area contributed by atoms with Crippen LogP contribution < -0.4 is 15.5 Å². The van der Waals surface area contributed by atoms with Crippen LogP contribution in [0.25, 0.3) is 0 Å². The zero-order chi connectivity index (χ0) is 20.3. The minimum Gasteiger partial charge on any atom is -0.350 e. The van der Waals surface area contributed by atoms with Crippen LogP contribution in [0.4, 0.5) is 11.4 Å². The van der Waals surface area contributed by atoms with Gasteiger partial charge in [-0.05, 0) is 45.0 Å². The van der Waals surface area contributed by atoms with Gasteiger partial charge in [0.15, 0.2) is 0 Å². The molecular weight excluding hydrogens is 354 g/mol. The van der Waals surface area contributed by atoms with E-state index in [1.807, 2.05) is 45.0 Å². The first-order chi connectivity index (χ1) is 13.3.